The highest BCUT2D eigenvalue weighted by molar-refractivity contribution is 5.79. The summed E-state index contributed by atoms with van der Waals surface area (Å²) < 4.78 is 31.2. The number of likely N-dealkylation sites (N-methyl/N-ethyl adjacent to an activating group) is 1. The van der Waals surface area contributed by atoms with Crippen LogP contribution in [0.4, 0.5) is 8.78 Å². The summed E-state index contributed by atoms with van der Waals surface area (Å²) in [5.74, 6) is -0.693. The Labute approximate surface area is 161 Å². The molecule has 0 N–H and O–H groups in total. The highest BCUT2D eigenvalue weighted by Crippen LogP contribution is 2.24. The normalized spacial score (nSPS) is 15.6. The number of nitrogens with zero attached hydrogens (tertiary/aromatic N) is 5. The first kappa shape index (κ1) is 18.5. The molecule has 8 heteroatoms. The third kappa shape index (κ3) is 3.35. The molecule has 6 nitrogen and oxygen atoms in total. The number of piperazine rings is 1. The molecule has 1 aromatic carbocycles. The Morgan fingerprint density at radius 3 is 2.61 bits per heavy atom. The van der Waals surface area contributed by atoms with Crippen molar-refractivity contribution in [3.05, 3.63) is 53.6 Å². The number of aryl methyl sites for hydroxylation is 1. The number of hydrogen-bond acceptors (Lipinski definition) is 4. The molecule has 0 aliphatic carbocycles. The molecule has 0 unspecified atom stereocenters. The van der Waals surface area contributed by atoms with Gasteiger partial charge in [-0.25, -0.2) is 18.7 Å². The van der Waals surface area contributed by atoms with E-state index in [1.807, 2.05) is 6.92 Å². The topological polar surface area (TPSA) is 54.3 Å². The number of benzene rings is 1. The van der Waals surface area contributed by atoms with Gasteiger partial charge in [-0.3, -0.25) is 9.69 Å². The summed E-state index contributed by atoms with van der Waals surface area (Å²) in [4.78, 5) is 24.1. The second-order valence-electron chi connectivity index (χ2n) is 6.95. The Balaban J connectivity index is 1.62. The third-order valence-electron chi connectivity index (χ3n) is 5.11. The van der Waals surface area contributed by atoms with Crippen molar-refractivity contribution in [2.24, 2.45) is 0 Å². The van der Waals surface area contributed by atoms with Crippen LogP contribution in [0.3, 0.4) is 0 Å². The van der Waals surface area contributed by atoms with Crippen LogP contribution in [0.1, 0.15) is 18.3 Å². The molecule has 3 heterocycles. The molecule has 0 spiro atoms. The van der Waals surface area contributed by atoms with Gasteiger partial charge in [0, 0.05) is 49.5 Å². The van der Waals surface area contributed by atoms with Crippen molar-refractivity contribution in [1.29, 1.82) is 0 Å². The van der Waals surface area contributed by atoms with E-state index < -0.39 is 11.6 Å². The number of amides is 1. The average molecular weight is 385 g/mol. The van der Waals surface area contributed by atoms with Crippen molar-refractivity contribution in [1.82, 2.24) is 24.3 Å². The third-order valence-corrected chi connectivity index (χ3v) is 5.11. The van der Waals surface area contributed by atoms with Crippen molar-refractivity contribution < 1.29 is 13.6 Å². The molecular weight excluding hydrogens is 364 g/mol. The molecular formula is C20H21F2N5O. The van der Waals surface area contributed by atoms with Gasteiger partial charge < -0.3 is 9.47 Å². The van der Waals surface area contributed by atoms with Gasteiger partial charge in [0.05, 0.1) is 12.2 Å². The summed E-state index contributed by atoms with van der Waals surface area (Å²) in [6.07, 6.45) is 3.40. The van der Waals surface area contributed by atoms with Crippen molar-refractivity contribution in [3.8, 4) is 5.69 Å². The first-order valence-electron chi connectivity index (χ1n) is 9.25. The Morgan fingerprint density at radius 1 is 1.18 bits per heavy atom. The Hall–Kier alpha value is -2.87. The monoisotopic (exact) mass is 385 g/mol. The Kier molecular flexibility index (Phi) is 4.80. The van der Waals surface area contributed by atoms with Crippen LogP contribution in [0.25, 0.3) is 16.7 Å². The lowest BCUT2D eigenvalue weighted by Gasteiger charge is -2.33. The standard InChI is InChI=1S/C20H21F2N5O/c1-3-26-7-6-25(12-19(26)28)11-16-17(21)8-15(9-18(16)22)27-5-4-14-10-23-13(2)24-20(14)27/h4-5,8-10H,3,6-7,11-12H2,1-2H3. The lowest BCUT2D eigenvalue weighted by Crippen LogP contribution is -2.49. The molecule has 1 aliphatic rings. The minimum atomic E-state index is -0.631. The van der Waals surface area contributed by atoms with Crippen LogP contribution in [0.15, 0.2) is 30.6 Å². The minimum absolute atomic E-state index is 0.0138. The van der Waals surface area contributed by atoms with Gasteiger partial charge in [0.2, 0.25) is 5.91 Å². The number of carbonyl (C=O) groups excluding carboxylic acids is 1. The summed E-state index contributed by atoms with van der Waals surface area (Å²) in [7, 11) is 0. The van der Waals surface area contributed by atoms with Crippen molar-refractivity contribution in [2.75, 3.05) is 26.2 Å². The fourth-order valence-corrected chi connectivity index (χ4v) is 3.54. The molecule has 0 atom stereocenters. The molecule has 1 fully saturated rings. The van der Waals surface area contributed by atoms with Crippen molar-refractivity contribution in [2.45, 2.75) is 20.4 Å². The molecule has 2 aromatic heterocycles. The highest BCUT2D eigenvalue weighted by Gasteiger charge is 2.24. The molecule has 1 saturated heterocycles. The van der Waals surface area contributed by atoms with Crippen molar-refractivity contribution in [3.63, 3.8) is 0 Å². The number of halogens is 2. The summed E-state index contributed by atoms with van der Waals surface area (Å²) in [5, 5.41) is 0.794. The zero-order valence-corrected chi connectivity index (χ0v) is 15.8. The average Bonchev–Trinajstić information content (AvgIpc) is 3.07. The van der Waals surface area contributed by atoms with Gasteiger partial charge >= 0.3 is 0 Å². The number of rotatable bonds is 4. The van der Waals surface area contributed by atoms with Crippen LogP contribution in [0.5, 0.6) is 0 Å². The van der Waals surface area contributed by atoms with Gasteiger partial charge in [-0.2, -0.15) is 0 Å². The Bertz CT molecular complexity index is 1030. The molecule has 1 aliphatic heterocycles. The van der Waals surface area contributed by atoms with Gasteiger partial charge in [0.1, 0.15) is 23.1 Å². The van der Waals surface area contributed by atoms with E-state index in [2.05, 4.69) is 9.97 Å². The largest absolute Gasteiger partial charge is 0.341 e. The molecule has 0 saturated carbocycles. The van der Waals surface area contributed by atoms with E-state index in [-0.39, 0.29) is 24.6 Å². The Morgan fingerprint density at radius 2 is 1.93 bits per heavy atom. The summed E-state index contributed by atoms with van der Waals surface area (Å²) in [5.41, 5.74) is 0.933. The lowest BCUT2D eigenvalue weighted by molar-refractivity contribution is -0.135. The summed E-state index contributed by atoms with van der Waals surface area (Å²) in [6, 6.07) is 4.41. The number of fused-ring (bicyclic) bond motifs is 1. The van der Waals surface area contributed by atoms with Crippen LogP contribution in [-0.2, 0) is 11.3 Å². The predicted octanol–water partition coefficient (Wildman–Crippen LogP) is 2.67. The molecule has 28 heavy (non-hydrogen) atoms. The molecule has 0 bridgehead atoms. The molecule has 0 radical (unpaired) electrons. The smallest absolute Gasteiger partial charge is 0.236 e. The molecule has 1 amide bonds. The zero-order chi connectivity index (χ0) is 19.8. The number of hydrogen-bond donors (Lipinski definition) is 0. The van der Waals surface area contributed by atoms with Crippen LogP contribution in [-0.4, -0.2) is 56.4 Å². The fraction of sp³-hybridized carbons (Fsp3) is 0.350. The first-order valence-corrected chi connectivity index (χ1v) is 9.25. The lowest BCUT2D eigenvalue weighted by atomic mass is 10.1. The first-order chi connectivity index (χ1) is 13.5. The maximum absolute atomic E-state index is 14.8. The second kappa shape index (κ2) is 7.27. The molecule has 4 rings (SSSR count). The quantitative estimate of drug-likeness (QED) is 0.693. The molecule has 146 valence electrons. The predicted molar refractivity (Wildman–Crippen MR) is 101 cm³/mol. The van der Waals surface area contributed by atoms with Crippen LogP contribution in [0.2, 0.25) is 0 Å². The van der Waals surface area contributed by atoms with E-state index in [1.54, 1.807) is 39.8 Å². The van der Waals surface area contributed by atoms with Gasteiger partial charge in [-0.05, 0) is 32.0 Å². The zero-order valence-electron chi connectivity index (χ0n) is 15.8. The van der Waals surface area contributed by atoms with Crippen LogP contribution in [0, 0.1) is 18.6 Å². The van der Waals surface area contributed by atoms with Crippen LogP contribution < -0.4 is 0 Å². The maximum atomic E-state index is 14.8. The van der Waals surface area contributed by atoms with Gasteiger partial charge in [-0.15, -0.1) is 0 Å². The van der Waals surface area contributed by atoms with Crippen molar-refractivity contribution >= 4 is 16.9 Å². The number of carbonyl (C=O) groups is 1. The maximum Gasteiger partial charge on any atom is 0.236 e. The summed E-state index contributed by atoms with van der Waals surface area (Å²) >= 11 is 0. The minimum Gasteiger partial charge on any atom is -0.341 e. The summed E-state index contributed by atoms with van der Waals surface area (Å²) in [6.45, 7) is 5.74. The van der Waals surface area contributed by atoms with E-state index >= 15 is 0 Å². The number of aromatic nitrogens is 3. The second-order valence-corrected chi connectivity index (χ2v) is 6.95. The highest BCUT2D eigenvalue weighted by atomic mass is 19.1. The van der Waals surface area contributed by atoms with E-state index in [0.29, 0.717) is 36.8 Å². The SMILES string of the molecule is CCN1CCN(Cc2c(F)cc(-n3ccc4cnc(C)nc43)cc2F)CC1=O. The van der Waals surface area contributed by atoms with Crippen LogP contribution >= 0.6 is 0 Å². The van der Waals surface area contributed by atoms with E-state index in [1.165, 1.54) is 12.1 Å². The van der Waals surface area contributed by atoms with Gasteiger partial charge in [0.25, 0.3) is 0 Å². The molecule has 3 aromatic rings. The van der Waals surface area contributed by atoms with E-state index in [0.717, 1.165) is 5.39 Å². The van der Waals surface area contributed by atoms with E-state index in [4.69, 9.17) is 0 Å². The van der Waals surface area contributed by atoms with E-state index in [9.17, 15) is 13.6 Å². The fourth-order valence-electron chi connectivity index (χ4n) is 3.54. The van der Waals surface area contributed by atoms with Gasteiger partial charge in [0.15, 0.2) is 0 Å². The van der Waals surface area contributed by atoms with Gasteiger partial charge in [-0.1, -0.05) is 0 Å².